The van der Waals surface area contributed by atoms with E-state index in [4.69, 9.17) is 0 Å². The molecule has 0 aromatic rings. The molecule has 0 spiro atoms. The first kappa shape index (κ1) is 15.0. The van der Waals surface area contributed by atoms with Gasteiger partial charge in [0.1, 0.15) is 0 Å². The summed E-state index contributed by atoms with van der Waals surface area (Å²) in [5.74, 6) is 0.680. The molecule has 0 rings (SSSR count). The Bertz CT molecular complexity index is 179. The van der Waals surface area contributed by atoms with Gasteiger partial charge in [0.15, 0.2) is 0 Å². The van der Waals surface area contributed by atoms with Crippen molar-refractivity contribution in [3.05, 3.63) is 0 Å². The quantitative estimate of drug-likeness (QED) is 0.620. The first-order valence-corrected chi connectivity index (χ1v) is 6.24. The molecule has 0 bridgehead atoms. The molecular weight excluding hydrogens is 181 g/mol. The molecule has 15 heavy (non-hydrogen) atoms. The number of hydrogen-bond donors (Lipinski definition) is 0. The van der Waals surface area contributed by atoms with E-state index in [1.165, 1.54) is 6.42 Å². The second-order valence-electron chi connectivity index (χ2n) is 6.47. The van der Waals surface area contributed by atoms with E-state index in [1.807, 2.05) is 0 Å². The molecule has 0 atom stereocenters. The maximum atomic E-state index is 2.49. The molecule has 0 saturated carbocycles. The highest BCUT2D eigenvalue weighted by Crippen LogP contribution is 2.35. The van der Waals surface area contributed by atoms with Gasteiger partial charge in [0.25, 0.3) is 0 Å². The lowest BCUT2D eigenvalue weighted by atomic mass is 9.55. The van der Waals surface area contributed by atoms with Crippen LogP contribution in [0, 0.1) is 5.92 Å². The highest BCUT2D eigenvalue weighted by molar-refractivity contribution is 6.36. The van der Waals surface area contributed by atoms with Gasteiger partial charge in [-0.25, -0.2) is 0 Å². The highest BCUT2D eigenvalue weighted by atomic mass is 15.1. The van der Waals surface area contributed by atoms with E-state index in [0.717, 1.165) is 6.54 Å². The Kier molecular flexibility index (Phi) is 5.39. The summed E-state index contributed by atoms with van der Waals surface area (Å²) >= 11 is 0. The predicted octanol–water partition coefficient (Wildman–Crippen LogP) is 3.97. The van der Waals surface area contributed by atoms with Crippen molar-refractivity contribution in [2.24, 2.45) is 5.92 Å². The Morgan fingerprint density at radius 1 is 1.07 bits per heavy atom. The van der Waals surface area contributed by atoms with Gasteiger partial charge in [-0.2, -0.15) is 0 Å². The minimum Gasteiger partial charge on any atom is -0.342 e. The second-order valence-corrected chi connectivity index (χ2v) is 6.47. The summed E-state index contributed by atoms with van der Waals surface area (Å²) in [5, 5.41) is 0.280. The van der Waals surface area contributed by atoms with Gasteiger partial charge in [-0.15, -0.1) is 0 Å². The summed E-state index contributed by atoms with van der Waals surface area (Å²) in [6.07, 6.45) is 1.21. The lowest BCUT2D eigenvalue weighted by molar-refractivity contribution is 0.240. The SMILES string of the molecule is CCCN([B]C(C)(C)C(C)C)C(C)(C)C. The van der Waals surface area contributed by atoms with Crippen molar-refractivity contribution in [1.82, 2.24) is 4.81 Å². The first-order chi connectivity index (χ1) is 6.61. The minimum atomic E-state index is 0.238. The van der Waals surface area contributed by atoms with Crippen molar-refractivity contribution in [2.75, 3.05) is 6.54 Å². The zero-order valence-electron chi connectivity index (χ0n) is 12.0. The molecule has 1 nitrogen and oxygen atoms in total. The molecule has 0 aliphatic heterocycles. The van der Waals surface area contributed by atoms with Crippen molar-refractivity contribution in [2.45, 2.75) is 72.7 Å². The maximum absolute atomic E-state index is 2.49. The van der Waals surface area contributed by atoms with Crippen LogP contribution in [0.1, 0.15) is 61.8 Å². The molecule has 0 saturated heterocycles. The summed E-state index contributed by atoms with van der Waals surface area (Å²) in [4.78, 5) is 2.49. The predicted molar refractivity (Wildman–Crippen MR) is 71.4 cm³/mol. The van der Waals surface area contributed by atoms with Crippen LogP contribution in [0.3, 0.4) is 0 Å². The molecule has 89 valence electrons. The van der Waals surface area contributed by atoms with Crippen LogP contribution in [-0.4, -0.2) is 24.3 Å². The normalized spacial score (nSPS) is 13.7. The summed E-state index contributed by atoms with van der Waals surface area (Å²) in [6, 6.07) is 0. The summed E-state index contributed by atoms with van der Waals surface area (Å²) in [5.41, 5.74) is 0.238. The van der Waals surface area contributed by atoms with Gasteiger partial charge in [0.05, 0.1) is 0 Å². The lowest BCUT2D eigenvalue weighted by Crippen LogP contribution is -2.48. The van der Waals surface area contributed by atoms with Crippen LogP contribution in [0.4, 0.5) is 0 Å². The van der Waals surface area contributed by atoms with Crippen molar-refractivity contribution >= 4 is 7.41 Å². The summed E-state index contributed by atoms with van der Waals surface area (Å²) in [6.45, 7) is 19.5. The average Bonchev–Trinajstić information content (AvgIpc) is 2.01. The Morgan fingerprint density at radius 2 is 1.53 bits per heavy atom. The third kappa shape index (κ3) is 5.06. The summed E-state index contributed by atoms with van der Waals surface area (Å²) < 4.78 is 0. The van der Waals surface area contributed by atoms with E-state index in [-0.39, 0.29) is 10.9 Å². The number of nitrogens with zero attached hydrogens (tertiary/aromatic N) is 1. The average molecular weight is 210 g/mol. The molecule has 0 aliphatic rings. The zero-order valence-corrected chi connectivity index (χ0v) is 12.0. The fourth-order valence-electron chi connectivity index (χ4n) is 1.39. The Labute approximate surface area is 97.9 Å². The van der Waals surface area contributed by atoms with Gasteiger partial charge >= 0.3 is 0 Å². The molecule has 0 aromatic heterocycles. The molecule has 2 heteroatoms. The van der Waals surface area contributed by atoms with Crippen molar-refractivity contribution in [3.8, 4) is 0 Å². The number of rotatable bonds is 5. The second kappa shape index (κ2) is 5.38. The Hall–Kier alpha value is 0.0249. The third-order valence-corrected chi connectivity index (χ3v) is 3.30. The van der Waals surface area contributed by atoms with Crippen molar-refractivity contribution in [3.63, 3.8) is 0 Å². The molecule has 0 heterocycles. The molecule has 0 N–H and O–H groups in total. The molecule has 0 fully saturated rings. The van der Waals surface area contributed by atoms with E-state index >= 15 is 0 Å². The van der Waals surface area contributed by atoms with Crippen molar-refractivity contribution in [1.29, 1.82) is 0 Å². The van der Waals surface area contributed by atoms with Gasteiger partial charge < -0.3 is 4.81 Å². The molecule has 0 amide bonds. The van der Waals surface area contributed by atoms with Gasteiger partial charge in [-0.1, -0.05) is 34.6 Å². The summed E-state index contributed by atoms with van der Waals surface area (Å²) in [7, 11) is 2.43. The van der Waals surface area contributed by atoms with Crippen LogP contribution in [0.25, 0.3) is 0 Å². The maximum Gasteiger partial charge on any atom is 0.215 e. The van der Waals surface area contributed by atoms with E-state index in [1.54, 1.807) is 0 Å². The van der Waals surface area contributed by atoms with E-state index in [9.17, 15) is 0 Å². The smallest absolute Gasteiger partial charge is 0.215 e. The molecule has 1 radical (unpaired) electrons. The highest BCUT2D eigenvalue weighted by Gasteiger charge is 2.31. The van der Waals surface area contributed by atoms with Crippen molar-refractivity contribution < 1.29 is 0 Å². The standard InChI is InChI=1S/C13H29BN/c1-9-10-15(12(4,5)6)14-13(7,8)11(2)3/h11H,9-10H2,1-8H3. The zero-order chi connectivity index (χ0) is 12.3. The van der Waals surface area contributed by atoms with E-state index < -0.39 is 0 Å². The van der Waals surface area contributed by atoms with Gasteiger partial charge in [-0.05, 0) is 45.0 Å². The Morgan fingerprint density at radius 3 is 1.80 bits per heavy atom. The Balaban J connectivity index is 4.55. The van der Waals surface area contributed by atoms with Gasteiger partial charge in [0, 0.05) is 5.54 Å². The monoisotopic (exact) mass is 210 g/mol. The van der Waals surface area contributed by atoms with Crippen LogP contribution in [0.2, 0.25) is 5.31 Å². The number of hydrogen-bond acceptors (Lipinski definition) is 1. The van der Waals surface area contributed by atoms with Crippen LogP contribution >= 0.6 is 0 Å². The van der Waals surface area contributed by atoms with Gasteiger partial charge in [-0.3, -0.25) is 0 Å². The molecular formula is C13H29BN. The minimum absolute atomic E-state index is 0.238. The van der Waals surface area contributed by atoms with Crippen LogP contribution in [0.15, 0.2) is 0 Å². The molecule has 0 aliphatic carbocycles. The fraction of sp³-hybridized carbons (Fsp3) is 1.00. The lowest BCUT2D eigenvalue weighted by Gasteiger charge is -2.42. The van der Waals surface area contributed by atoms with Crippen LogP contribution < -0.4 is 0 Å². The van der Waals surface area contributed by atoms with Crippen LogP contribution in [-0.2, 0) is 0 Å². The first-order valence-electron chi connectivity index (χ1n) is 6.24. The van der Waals surface area contributed by atoms with E-state index in [2.05, 4.69) is 67.6 Å². The van der Waals surface area contributed by atoms with Crippen LogP contribution in [0.5, 0.6) is 0 Å². The largest absolute Gasteiger partial charge is 0.342 e. The fourth-order valence-corrected chi connectivity index (χ4v) is 1.39. The topological polar surface area (TPSA) is 3.24 Å². The molecule has 0 aromatic carbocycles. The third-order valence-electron chi connectivity index (χ3n) is 3.30. The molecule has 0 unspecified atom stereocenters. The van der Waals surface area contributed by atoms with E-state index in [0.29, 0.717) is 5.92 Å². The van der Waals surface area contributed by atoms with Gasteiger partial charge in [0.2, 0.25) is 7.41 Å².